The predicted molar refractivity (Wildman–Crippen MR) is 89.3 cm³/mol. The molecule has 7 heteroatoms. The lowest BCUT2D eigenvalue weighted by Crippen LogP contribution is -2.22. The predicted octanol–water partition coefficient (Wildman–Crippen LogP) is 3.25. The van der Waals surface area contributed by atoms with Crippen molar-refractivity contribution in [1.29, 1.82) is 0 Å². The Kier molecular flexibility index (Phi) is 5.12. The molecule has 0 aliphatic rings. The average molecular weight is 344 g/mol. The van der Waals surface area contributed by atoms with E-state index in [9.17, 15) is 4.79 Å². The Labute approximate surface area is 143 Å². The van der Waals surface area contributed by atoms with Gasteiger partial charge in [-0.25, -0.2) is 4.98 Å². The molecule has 0 saturated carbocycles. The van der Waals surface area contributed by atoms with Crippen molar-refractivity contribution in [2.24, 2.45) is 0 Å². The van der Waals surface area contributed by atoms with Crippen LogP contribution in [0.3, 0.4) is 0 Å². The van der Waals surface area contributed by atoms with Gasteiger partial charge in [-0.05, 0) is 24.3 Å². The summed E-state index contributed by atoms with van der Waals surface area (Å²) < 4.78 is 16.1. The molecule has 0 atom stereocenters. The number of nitrogens with one attached hydrogen (secondary N) is 1. The third-order valence-corrected chi connectivity index (χ3v) is 4.03. The minimum absolute atomic E-state index is 0.244. The Morgan fingerprint density at radius 2 is 2.08 bits per heavy atom. The number of hydrogen-bond donors (Lipinski definition) is 1. The first-order valence-corrected chi connectivity index (χ1v) is 8.15. The van der Waals surface area contributed by atoms with E-state index in [0.29, 0.717) is 34.5 Å². The highest BCUT2D eigenvalue weighted by molar-refractivity contribution is 7.09. The van der Waals surface area contributed by atoms with Crippen LogP contribution in [0.2, 0.25) is 0 Å². The molecule has 24 heavy (non-hydrogen) atoms. The molecule has 2 heterocycles. The molecule has 3 rings (SSSR count). The van der Waals surface area contributed by atoms with Crippen LogP contribution in [-0.4, -0.2) is 18.0 Å². The maximum Gasteiger partial charge on any atom is 0.271 e. The molecule has 3 aromatic rings. The molecule has 0 fully saturated rings. The van der Waals surface area contributed by atoms with E-state index in [0.717, 1.165) is 0 Å². The fourth-order valence-electron chi connectivity index (χ4n) is 2.03. The van der Waals surface area contributed by atoms with E-state index in [1.54, 1.807) is 30.9 Å². The normalized spacial score (nSPS) is 10.4. The van der Waals surface area contributed by atoms with Crippen LogP contribution in [0.25, 0.3) is 0 Å². The number of nitrogens with zero attached hydrogens (tertiary/aromatic N) is 1. The molecule has 6 nitrogen and oxygen atoms in total. The van der Waals surface area contributed by atoms with Crippen LogP contribution in [0.1, 0.15) is 21.3 Å². The summed E-state index contributed by atoms with van der Waals surface area (Å²) in [7, 11) is 1.59. The van der Waals surface area contributed by atoms with Gasteiger partial charge >= 0.3 is 0 Å². The average Bonchev–Trinajstić information content (AvgIpc) is 3.30. The van der Waals surface area contributed by atoms with Crippen molar-refractivity contribution in [2.75, 3.05) is 7.11 Å². The summed E-state index contributed by atoms with van der Waals surface area (Å²) in [5.74, 6) is 1.74. The molecule has 2 aromatic heterocycles. The first-order valence-electron chi connectivity index (χ1n) is 7.27. The molecule has 0 aliphatic carbocycles. The molecule has 0 aliphatic heterocycles. The van der Waals surface area contributed by atoms with Gasteiger partial charge < -0.3 is 19.2 Å². The highest BCUT2D eigenvalue weighted by atomic mass is 32.1. The number of thiazole rings is 1. The van der Waals surface area contributed by atoms with E-state index >= 15 is 0 Å². The van der Waals surface area contributed by atoms with Crippen LogP contribution in [0.15, 0.2) is 52.5 Å². The third kappa shape index (κ3) is 3.94. The van der Waals surface area contributed by atoms with Crippen molar-refractivity contribution in [3.8, 4) is 11.5 Å². The van der Waals surface area contributed by atoms with Gasteiger partial charge in [0.25, 0.3) is 5.91 Å². The van der Waals surface area contributed by atoms with Gasteiger partial charge in [0.15, 0.2) is 11.5 Å². The van der Waals surface area contributed by atoms with Gasteiger partial charge in [-0.1, -0.05) is 12.1 Å². The van der Waals surface area contributed by atoms with Crippen LogP contribution in [0, 0.1) is 0 Å². The summed E-state index contributed by atoms with van der Waals surface area (Å²) in [6.07, 6.45) is 1.57. The minimum Gasteiger partial charge on any atom is -0.493 e. The van der Waals surface area contributed by atoms with Gasteiger partial charge in [0.05, 0.1) is 19.9 Å². The number of ether oxygens (including phenoxy) is 2. The van der Waals surface area contributed by atoms with Crippen LogP contribution in [0.5, 0.6) is 11.5 Å². The van der Waals surface area contributed by atoms with Crippen LogP contribution < -0.4 is 14.8 Å². The van der Waals surface area contributed by atoms with Crippen molar-refractivity contribution in [1.82, 2.24) is 10.3 Å². The lowest BCUT2D eigenvalue weighted by Gasteiger charge is -2.08. The Balaban J connectivity index is 1.56. The van der Waals surface area contributed by atoms with Gasteiger partial charge in [0.2, 0.25) is 0 Å². The molecule has 0 unspecified atom stereocenters. The van der Waals surface area contributed by atoms with E-state index < -0.39 is 0 Å². The molecular weight excluding hydrogens is 328 g/mol. The molecule has 0 bridgehead atoms. The summed E-state index contributed by atoms with van der Waals surface area (Å²) in [6.45, 7) is 0.604. The number of benzene rings is 1. The van der Waals surface area contributed by atoms with Gasteiger partial charge in [0, 0.05) is 5.38 Å². The number of rotatable bonds is 7. The standard InChI is InChI=1S/C17H16N2O4S/c1-21-14-6-2-3-7-15(14)23-10-16-19-13(11-24-16)17(20)18-9-12-5-4-8-22-12/h2-8,11H,9-10H2,1H3,(H,18,20). The summed E-state index contributed by atoms with van der Waals surface area (Å²) >= 11 is 1.37. The zero-order chi connectivity index (χ0) is 16.8. The number of carbonyl (C=O) groups is 1. The largest absolute Gasteiger partial charge is 0.493 e. The first-order chi connectivity index (χ1) is 11.8. The van der Waals surface area contributed by atoms with E-state index in [2.05, 4.69) is 10.3 Å². The zero-order valence-corrected chi connectivity index (χ0v) is 13.8. The zero-order valence-electron chi connectivity index (χ0n) is 13.0. The molecule has 124 valence electrons. The van der Waals surface area contributed by atoms with Gasteiger partial charge in [-0.15, -0.1) is 11.3 Å². The summed E-state index contributed by atoms with van der Waals surface area (Å²) in [6, 6.07) is 11.0. The highest BCUT2D eigenvalue weighted by Gasteiger charge is 2.12. The lowest BCUT2D eigenvalue weighted by atomic mass is 10.3. The number of carbonyl (C=O) groups excluding carboxylic acids is 1. The van der Waals surface area contributed by atoms with Crippen LogP contribution in [0.4, 0.5) is 0 Å². The topological polar surface area (TPSA) is 73.6 Å². The third-order valence-electron chi connectivity index (χ3n) is 3.21. The molecule has 0 radical (unpaired) electrons. The Hall–Kier alpha value is -2.80. The molecule has 1 amide bonds. The monoisotopic (exact) mass is 344 g/mol. The molecule has 0 saturated heterocycles. The van der Waals surface area contributed by atoms with E-state index in [1.807, 2.05) is 24.3 Å². The maximum atomic E-state index is 12.1. The van der Waals surface area contributed by atoms with Crippen molar-refractivity contribution in [3.05, 3.63) is 64.5 Å². The fourth-order valence-corrected chi connectivity index (χ4v) is 2.72. The number of amides is 1. The van der Waals surface area contributed by atoms with Crippen molar-refractivity contribution in [3.63, 3.8) is 0 Å². The number of hydrogen-bond acceptors (Lipinski definition) is 6. The second-order valence-electron chi connectivity index (χ2n) is 4.83. The van der Waals surface area contributed by atoms with Crippen molar-refractivity contribution >= 4 is 17.2 Å². The van der Waals surface area contributed by atoms with Crippen LogP contribution in [-0.2, 0) is 13.2 Å². The Morgan fingerprint density at radius 3 is 2.83 bits per heavy atom. The number of methoxy groups -OCH3 is 1. The molecule has 0 spiro atoms. The quantitative estimate of drug-likeness (QED) is 0.712. The highest BCUT2D eigenvalue weighted by Crippen LogP contribution is 2.27. The van der Waals surface area contributed by atoms with Crippen LogP contribution >= 0.6 is 11.3 Å². The van der Waals surface area contributed by atoms with Gasteiger partial charge in [-0.3, -0.25) is 4.79 Å². The first kappa shape index (κ1) is 16.1. The number of aromatic nitrogens is 1. The second kappa shape index (κ2) is 7.65. The summed E-state index contributed by atoms with van der Waals surface area (Å²) in [5.41, 5.74) is 0.366. The van der Waals surface area contributed by atoms with E-state index in [4.69, 9.17) is 13.9 Å². The fraction of sp³-hybridized carbons (Fsp3) is 0.176. The SMILES string of the molecule is COc1ccccc1OCc1nc(C(=O)NCc2ccco2)cs1. The van der Waals surface area contributed by atoms with E-state index in [1.165, 1.54) is 11.3 Å². The summed E-state index contributed by atoms with van der Waals surface area (Å²) in [4.78, 5) is 16.3. The minimum atomic E-state index is -0.244. The Bertz CT molecular complexity index is 799. The lowest BCUT2D eigenvalue weighted by molar-refractivity contribution is 0.0943. The molecular formula is C17H16N2O4S. The Morgan fingerprint density at radius 1 is 1.25 bits per heavy atom. The molecule has 1 aromatic carbocycles. The van der Waals surface area contributed by atoms with Gasteiger partial charge in [-0.2, -0.15) is 0 Å². The van der Waals surface area contributed by atoms with Crippen molar-refractivity contribution < 1.29 is 18.7 Å². The van der Waals surface area contributed by atoms with Gasteiger partial charge in [0.1, 0.15) is 23.1 Å². The smallest absolute Gasteiger partial charge is 0.271 e. The second-order valence-corrected chi connectivity index (χ2v) is 5.77. The number of furan rings is 1. The summed E-state index contributed by atoms with van der Waals surface area (Å²) in [5, 5.41) is 5.18. The van der Waals surface area contributed by atoms with E-state index in [-0.39, 0.29) is 12.5 Å². The maximum absolute atomic E-state index is 12.1. The van der Waals surface area contributed by atoms with Crippen molar-refractivity contribution in [2.45, 2.75) is 13.2 Å². The number of para-hydroxylation sites is 2. The molecule has 1 N–H and O–H groups in total.